The van der Waals surface area contributed by atoms with Crippen molar-refractivity contribution in [1.29, 1.82) is 0 Å². The molecule has 1 N–H and O–H groups in total. The molecular weight excluding hydrogens is 144 g/mol. The summed E-state index contributed by atoms with van der Waals surface area (Å²) in [7, 11) is 0. The molecule has 0 aromatic rings. The molecule has 0 bridgehead atoms. The number of ether oxygens (including phenoxy) is 1. The van der Waals surface area contributed by atoms with Gasteiger partial charge in [-0.2, -0.15) is 0 Å². The zero-order valence-electron chi connectivity index (χ0n) is 7.33. The van der Waals surface area contributed by atoms with E-state index in [2.05, 4.69) is 0 Å². The van der Waals surface area contributed by atoms with Gasteiger partial charge in [-0.05, 0) is 20.3 Å². The summed E-state index contributed by atoms with van der Waals surface area (Å²) < 4.78 is 5.15. The van der Waals surface area contributed by atoms with Crippen molar-refractivity contribution < 1.29 is 14.6 Å². The summed E-state index contributed by atoms with van der Waals surface area (Å²) in [6.45, 7) is 5.62. The average Bonchev–Trinajstić information content (AvgIpc) is 1.86. The standard InChI is InChI=1S/C8H16O3/c1-4-5-7(8(9)10)11-6(2)3/h6-7H,4-5H2,1-3H3,(H,9,10)/t7-/m0/s1. The largest absolute Gasteiger partial charge is 0.479 e. The third-order valence-electron chi connectivity index (χ3n) is 1.26. The third-order valence-corrected chi connectivity index (χ3v) is 1.26. The van der Waals surface area contributed by atoms with Gasteiger partial charge in [0.15, 0.2) is 6.10 Å². The lowest BCUT2D eigenvalue weighted by atomic mass is 10.2. The van der Waals surface area contributed by atoms with E-state index < -0.39 is 12.1 Å². The molecule has 0 aliphatic carbocycles. The van der Waals surface area contributed by atoms with Crippen molar-refractivity contribution in [1.82, 2.24) is 0 Å². The highest BCUT2D eigenvalue weighted by Gasteiger charge is 2.17. The van der Waals surface area contributed by atoms with E-state index in [1.165, 1.54) is 0 Å². The SMILES string of the molecule is CCC[C@H](OC(C)C)C(=O)O. The van der Waals surface area contributed by atoms with Gasteiger partial charge in [0.1, 0.15) is 0 Å². The predicted octanol–water partition coefficient (Wildman–Crippen LogP) is 1.66. The predicted molar refractivity (Wildman–Crippen MR) is 42.6 cm³/mol. The lowest BCUT2D eigenvalue weighted by molar-refractivity contribution is -0.153. The highest BCUT2D eigenvalue weighted by Crippen LogP contribution is 2.05. The average molecular weight is 160 g/mol. The van der Waals surface area contributed by atoms with Gasteiger partial charge in [-0.15, -0.1) is 0 Å². The lowest BCUT2D eigenvalue weighted by Gasteiger charge is -2.14. The molecule has 0 fully saturated rings. The maximum Gasteiger partial charge on any atom is 0.332 e. The molecule has 0 saturated carbocycles. The van der Waals surface area contributed by atoms with E-state index in [0.717, 1.165) is 6.42 Å². The number of carboxylic acids is 1. The van der Waals surface area contributed by atoms with Crippen LogP contribution < -0.4 is 0 Å². The summed E-state index contributed by atoms with van der Waals surface area (Å²) in [4.78, 5) is 10.5. The zero-order chi connectivity index (χ0) is 8.85. The first-order chi connectivity index (χ1) is 5.07. The minimum absolute atomic E-state index is 0.0114. The Morgan fingerprint density at radius 1 is 1.55 bits per heavy atom. The van der Waals surface area contributed by atoms with E-state index in [1.807, 2.05) is 20.8 Å². The lowest BCUT2D eigenvalue weighted by Crippen LogP contribution is -2.26. The fourth-order valence-corrected chi connectivity index (χ4v) is 0.840. The van der Waals surface area contributed by atoms with Gasteiger partial charge in [0.25, 0.3) is 0 Å². The van der Waals surface area contributed by atoms with E-state index >= 15 is 0 Å². The van der Waals surface area contributed by atoms with E-state index in [4.69, 9.17) is 9.84 Å². The Labute approximate surface area is 67.4 Å². The summed E-state index contributed by atoms with van der Waals surface area (Å²) in [6, 6.07) is 0. The summed E-state index contributed by atoms with van der Waals surface area (Å²) >= 11 is 0. The van der Waals surface area contributed by atoms with Crippen LogP contribution in [0.15, 0.2) is 0 Å². The highest BCUT2D eigenvalue weighted by atomic mass is 16.5. The van der Waals surface area contributed by atoms with Gasteiger partial charge in [0.05, 0.1) is 6.10 Å². The molecule has 0 aliphatic heterocycles. The summed E-state index contributed by atoms with van der Waals surface area (Å²) in [6.07, 6.45) is 0.791. The summed E-state index contributed by atoms with van der Waals surface area (Å²) in [5.41, 5.74) is 0. The maximum absolute atomic E-state index is 10.5. The number of hydrogen-bond donors (Lipinski definition) is 1. The molecule has 3 heteroatoms. The summed E-state index contributed by atoms with van der Waals surface area (Å²) in [5, 5.41) is 8.63. The quantitative estimate of drug-likeness (QED) is 0.665. The fraction of sp³-hybridized carbons (Fsp3) is 0.875. The second-order valence-corrected chi connectivity index (χ2v) is 2.80. The first-order valence-corrected chi connectivity index (χ1v) is 3.96. The Hall–Kier alpha value is -0.570. The first-order valence-electron chi connectivity index (χ1n) is 3.96. The van der Waals surface area contributed by atoms with E-state index in [1.54, 1.807) is 0 Å². The first kappa shape index (κ1) is 10.4. The molecule has 0 radical (unpaired) electrons. The van der Waals surface area contributed by atoms with Crippen molar-refractivity contribution in [3.05, 3.63) is 0 Å². The molecule has 1 atom stereocenters. The fourth-order valence-electron chi connectivity index (χ4n) is 0.840. The molecule has 3 nitrogen and oxygen atoms in total. The molecular formula is C8H16O3. The zero-order valence-corrected chi connectivity index (χ0v) is 7.33. The van der Waals surface area contributed by atoms with Crippen molar-refractivity contribution in [2.24, 2.45) is 0 Å². The van der Waals surface area contributed by atoms with Crippen LogP contribution in [0.4, 0.5) is 0 Å². The minimum atomic E-state index is -0.861. The molecule has 0 saturated heterocycles. The molecule has 11 heavy (non-hydrogen) atoms. The number of rotatable bonds is 5. The van der Waals surface area contributed by atoms with Crippen LogP contribution in [0.5, 0.6) is 0 Å². The van der Waals surface area contributed by atoms with E-state index in [-0.39, 0.29) is 6.10 Å². The summed E-state index contributed by atoms with van der Waals surface area (Å²) in [5.74, 6) is -0.861. The monoisotopic (exact) mass is 160 g/mol. The number of carboxylic acid groups (broad SMARTS) is 1. The number of carbonyl (C=O) groups is 1. The Morgan fingerprint density at radius 2 is 2.09 bits per heavy atom. The van der Waals surface area contributed by atoms with Crippen LogP contribution >= 0.6 is 0 Å². The molecule has 66 valence electrons. The highest BCUT2D eigenvalue weighted by molar-refractivity contribution is 5.72. The maximum atomic E-state index is 10.5. The smallest absolute Gasteiger partial charge is 0.332 e. The Morgan fingerprint density at radius 3 is 2.36 bits per heavy atom. The van der Waals surface area contributed by atoms with Gasteiger partial charge in [0, 0.05) is 0 Å². The van der Waals surface area contributed by atoms with Crippen LogP contribution in [-0.2, 0) is 9.53 Å². The van der Waals surface area contributed by atoms with Gasteiger partial charge in [-0.25, -0.2) is 4.79 Å². The number of hydrogen-bond acceptors (Lipinski definition) is 2. The molecule has 0 spiro atoms. The molecule has 0 rings (SSSR count). The topological polar surface area (TPSA) is 46.5 Å². The Kier molecular flexibility index (Phi) is 4.86. The van der Waals surface area contributed by atoms with Crippen molar-refractivity contribution in [3.63, 3.8) is 0 Å². The van der Waals surface area contributed by atoms with E-state index in [0.29, 0.717) is 6.42 Å². The second kappa shape index (κ2) is 5.13. The Balaban J connectivity index is 3.79. The van der Waals surface area contributed by atoms with Gasteiger partial charge in [0.2, 0.25) is 0 Å². The molecule has 0 amide bonds. The van der Waals surface area contributed by atoms with E-state index in [9.17, 15) is 4.79 Å². The normalized spacial score (nSPS) is 13.5. The number of aliphatic carboxylic acids is 1. The van der Waals surface area contributed by atoms with Gasteiger partial charge >= 0.3 is 5.97 Å². The van der Waals surface area contributed by atoms with Crippen LogP contribution in [0.2, 0.25) is 0 Å². The van der Waals surface area contributed by atoms with Crippen molar-refractivity contribution >= 4 is 5.97 Å². The van der Waals surface area contributed by atoms with Crippen LogP contribution in [0.1, 0.15) is 33.6 Å². The van der Waals surface area contributed by atoms with Crippen LogP contribution in [0.3, 0.4) is 0 Å². The molecule has 0 aromatic carbocycles. The molecule has 0 aromatic heterocycles. The minimum Gasteiger partial charge on any atom is -0.479 e. The Bertz CT molecular complexity index is 121. The molecule has 0 aliphatic rings. The van der Waals surface area contributed by atoms with Crippen molar-refractivity contribution in [2.75, 3.05) is 0 Å². The van der Waals surface area contributed by atoms with Gasteiger partial charge in [-0.3, -0.25) is 0 Å². The van der Waals surface area contributed by atoms with Gasteiger partial charge in [-0.1, -0.05) is 13.3 Å². The van der Waals surface area contributed by atoms with Crippen molar-refractivity contribution in [3.8, 4) is 0 Å². The van der Waals surface area contributed by atoms with Crippen LogP contribution in [0, 0.1) is 0 Å². The van der Waals surface area contributed by atoms with Gasteiger partial charge < -0.3 is 9.84 Å². The van der Waals surface area contributed by atoms with Crippen LogP contribution in [-0.4, -0.2) is 23.3 Å². The van der Waals surface area contributed by atoms with Crippen molar-refractivity contribution in [2.45, 2.75) is 45.8 Å². The third kappa shape index (κ3) is 4.79. The van der Waals surface area contributed by atoms with Crippen LogP contribution in [0.25, 0.3) is 0 Å². The molecule has 0 unspecified atom stereocenters. The molecule has 0 heterocycles. The second-order valence-electron chi connectivity index (χ2n) is 2.80.